The van der Waals surface area contributed by atoms with Crippen molar-refractivity contribution in [2.24, 2.45) is 11.2 Å². The fraction of sp³-hybridized carbons (Fsp3) is 0.368. The number of hydrogen-bond acceptors (Lipinski definition) is 4. The monoisotopic (exact) mass is 326 g/mol. The third kappa shape index (κ3) is 4.63. The largest absolute Gasteiger partial charge is 0.376 e. The zero-order chi connectivity index (χ0) is 16.6. The maximum Gasteiger partial charge on any atom is 0.0840 e. The third-order valence-corrected chi connectivity index (χ3v) is 4.23. The van der Waals surface area contributed by atoms with Crippen LogP contribution in [0.5, 0.6) is 0 Å². The molecule has 0 amide bonds. The summed E-state index contributed by atoms with van der Waals surface area (Å²) in [5.41, 5.74) is 2.27. The number of nitroso groups, excluding NO2 is 1. The molecule has 1 heterocycles. The van der Waals surface area contributed by atoms with Crippen molar-refractivity contribution >= 4 is 0 Å². The Morgan fingerprint density at radius 2 is 1.54 bits per heavy atom. The van der Waals surface area contributed by atoms with Gasteiger partial charge in [-0.05, 0) is 11.1 Å². The van der Waals surface area contributed by atoms with E-state index in [1.54, 1.807) is 0 Å². The first kappa shape index (κ1) is 16.6. The van der Waals surface area contributed by atoms with Gasteiger partial charge in [0.2, 0.25) is 0 Å². The molecular weight excluding hydrogens is 304 g/mol. The lowest BCUT2D eigenvalue weighted by molar-refractivity contribution is -0.0106. The highest BCUT2D eigenvalue weighted by Crippen LogP contribution is 2.22. The quantitative estimate of drug-likeness (QED) is 0.698. The van der Waals surface area contributed by atoms with Crippen molar-refractivity contribution in [1.29, 1.82) is 0 Å². The molecule has 0 bridgehead atoms. The van der Waals surface area contributed by atoms with Gasteiger partial charge in [0.05, 0.1) is 37.8 Å². The van der Waals surface area contributed by atoms with E-state index in [0.29, 0.717) is 32.9 Å². The minimum absolute atomic E-state index is 0.0429. The highest BCUT2D eigenvalue weighted by molar-refractivity contribution is 5.14. The first-order valence-corrected chi connectivity index (χ1v) is 8.20. The van der Waals surface area contributed by atoms with E-state index < -0.39 is 0 Å². The minimum atomic E-state index is -0.0429. The molecule has 24 heavy (non-hydrogen) atoms. The van der Waals surface area contributed by atoms with Gasteiger partial charge in [-0.2, -0.15) is 0 Å². The number of benzene rings is 2. The molecule has 2 atom stereocenters. The molecule has 1 aliphatic heterocycles. The second-order valence-electron chi connectivity index (χ2n) is 6.05. The Morgan fingerprint density at radius 1 is 0.917 bits per heavy atom. The van der Waals surface area contributed by atoms with Crippen LogP contribution >= 0.6 is 0 Å². The van der Waals surface area contributed by atoms with Gasteiger partial charge in [-0.15, -0.1) is 4.91 Å². The van der Waals surface area contributed by atoms with Crippen LogP contribution in [-0.2, 0) is 22.7 Å². The van der Waals surface area contributed by atoms with Crippen LogP contribution in [-0.4, -0.2) is 30.8 Å². The predicted molar refractivity (Wildman–Crippen MR) is 92.0 cm³/mol. The summed E-state index contributed by atoms with van der Waals surface area (Å²) in [6.45, 7) is 2.76. The van der Waals surface area contributed by atoms with Crippen molar-refractivity contribution < 1.29 is 9.47 Å². The molecule has 0 unspecified atom stereocenters. The van der Waals surface area contributed by atoms with Crippen LogP contribution in [0, 0.1) is 10.8 Å². The lowest BCUT2D eigenvalue weighted by Crippen LogP contribution is -2.26. The van der Waals surface area contributed by atoms with E-state index in [-0.39, 0.29) is 12.0 Å². The molecule has 3 rings (SSSR count). The maximum atomic E-state index is 10.8. The molecule has 0 radical (unpaired) electrons. The smallest absolute Gasteiger partial charge is 0.0840 e. The Labute approximate surface area is 142 Å². The van der Waals surface area contributed by atoms with Crippen LogP contribution in [0.3, 0.4) is 0 Å². The van der Waals surface area contributed by atoms with E-state index in [4.69, 9.17) is 9.47 Å². The van der Waals surface area contributed by atoms with Crippen molar-refractivity contribution in [3.63, 3.8) is 0 Å². The topological polar surface area (TPSA) is 51.1 Å². The standard InChI is InChI=1S/C19H22N2O3/c22-20-21-11-18(15-23-13-16-7-3-1-4-8-16)19(12-21)24-14-17-9-5-2-6-10-17/h1-10,18-19H,11-15H2/t18-,19-/m1/s1. The van der Waals surface area contributed by atoms with E-state index in [1.807, 2.05) is 60.7 Å². The number of nitrogens with zero attached hydrogens (tertiary/aromatic N) is 2. The fourth-order valence-electron chi connectivity index (χ4n) is 2.91. The van der Waals surface area contributed by atoms with Crippen molar-refractivity contribution in [1.82, 2.24) is 5.01 Å². The molecule has 1 aliphatic rings. The molecule has 1 fully saturated rings. The lowest BCUT2D eigenvalue weighted by Gasteiger charge is -2.18. The minimum Gasteiger partial charge on any atom is -0.376 e. The molecule has 5 nitrogen and oxygen atoms in total. The van der Waals surface area contributed by atoms with E-state index in [0.717, 1.165) is 11.1 Å². The molecule has 0 aromatic heterocycles. The molecule has 2 aromatic carbocycles. The van der Waals surface area contributed by atoms with E-state index in [9.17, 15) is 4.91 Å². The predicted octanol–water partition coefficient (Wildman–Crippen LogP) is 3.40. The van der Waals surface area contributed by atoms with Crippen molar-refractivity contribution in [3.8, 4) is 0 Å². The van der Waals surface area contributed by atoms with Crippen LogP contribution in [0.25, 0.3) is 0 Å². The van der Waals surface area contributed by atoms with Gasteiger partial charge in [-0.1, -0.05) is 60.7 Å². The van der Waals surface area contributed by atoms with E-state index >= 15 is 0 Å². The van der Waals surface area contributed by atoms with Gasteiger partial charge < -0.3 is 9.47 Å². The Morgan fingerprint density at radius 3 is 2.17 bits per heavy atom. The summed E-state index contributed by atoms with van der Waals surface area (Å²) in [4.78, 5) is 10.8. The van der Waals surface area contributed by atoms with Crippen LogP contribution < -0.4 is 0 Å². The molecule has 0 saturated carbocycles. The second-order valence-corrected chi connectivity index (χ2v) is 6.05. The van der Waals surface area contributed by atoms with Crippen LogP contribution in [0.4, 0.5) is 0 Å². The second kappa shape index (κ2) is 8.57. The van der Waals surface area contributed by atoms with Gasteiger partial charge >= 0.3 is 0 Å². The Bertz CT molecular complexity index is 621. The summed E-state index contributed by atoms with van der Waals surface area (Å²) < 4.78 is 11.8. The van der Waals surface area contributed by atoms with Gasteiger partial charge in [0, 0.05) is 12.5 Å². The van der Waals surface area contributed by atoms with Crippen molar-refractivity contribution in [2.75, 3.05) is 19.7 Å². The summed E-state index contributed by atoms with van der Waals surface area (Å²) in [7, 11) is 0. The molecule has 0 aliphatic carbocycles. The molecular formula is C19H22N2O3. The Kier molecular flexibility index (Phi) is 5.93. The Balaban J connectivity index is 1.50. The Hall–Kier alpha value is -2.24. The molecule has 0 N–H and O–H groups in total. The van der Waals surface area contributed by atoms with Gasteiger partial charge in [0.1, 0.15) is 0 Å². The molecule has 1 saturated heterocycles. The SMILES string of the molecule is O=NN1C[C@H](COCc2ccccc2)[C@H](OCc2ccccc2)C1. The van der Waals surface area contributed by atoms with Crippen LogP contribution in [0.1, 0.15) is 11.1 Å². The van der Waals surface area contributed by atoms with Crippen LogP contribution in [0.2, 0.25) is 0 Å². The number of ether oxygens (including phenoxy) is 2. The van der Waals surface area contributed by atoms with Gasteiger partial charge in [0.25, 0.3) is 0 Å². The van der Waals surface area contributed by atoms with E-state index in [2.05, 4.69) is 5.29 Å². The summed E-state index contributed by atoms with van der Waals surface area (Å²) in [6.07, 6.45) is -0.0429. The number of rotatable bonds is 8. The molecule has 126 valence electrons. The first-order chi connectivity index (χ1) is 11.8. The van der Waals surface area contributed by atoms with Gasteiger partial charge in [-0.25, -0.2) is 0 Å². The van der Waals surface area contributed by atoms with Gasteiger partial charge in [0.15, 0.2) is 0 Å². The maximum absolute atomic E-state index is 10.8. The average molecular weight is 326 g/mol. The summed E-state index contributed by atoms with van der Waals surface area (Å²) >= 11 is 0. The molecule has 0 spiro atoms. The van der Waals surface area contributed by atoms with Crippen LogP contribution in [0.15, 0.2) is 65.9 Å². The lowest BCUT2D eigenvalue weighted by atomic mass is 10.1. The first-order valence-electron chi connectivity index (χ1n) is 8.20. The summed E-state index contributed by atoms with van der Waals surface area (Å²) in [5, 5.41) is 4.58. The fourth-order valence-corrected chi connectivity index (χ4v) is 2.91. The highest BCUT2D eigenvalue weighted by atomic mass is 16.5. The number of hydrogen-bond donors (Lipinski definition) is 0. The summed E-state index contributed by atoms with van der Waals surface area (Å²) in [6, 6.07) is 20.1. The highest BCUT2D eigenvalue weighted by Gasteiger charge is 2.34. The normalized spacial score (nSPS) is 20.2. The molecule has 5 heteroatoms. The van der Waals surface area contributed by atoms with Crippen molar-refractivity contribution in [2.45, 2.75) is 19.3 Å². The van der Waals surface area contributed by atoms with Gasteiger partial charge in [-0.3, -0.25) is 5.01 Å². The zero-order valence-electron chi connectivity index (χ0n) is 13.6. The third-order valence-electron chi connectivity index (χ3n) is 4.23. The average Bonchev–Trinajstić information content (AvgIpc) is 3.04. The zero-order valence-corrected chi connectivity index (χ0v) is 13.6. The van der Waals surface area contributed by atoms with E-state index in [1.165, 1.54) is 5.01 Å². The molecule has 2 aromatic rings. The van der Waals surface area contributed by atoms with Crippen molar-refractivity contribution in [3.05, 3.63) is 76.7 Å². The summed E-state index contributed by atoms with van der Waals surface area (Å²) in [5.74, 6) is 0.148.